The molecule has 2 amide bonds. The number of ether oxygens (including phenoxy) is 2. The number of amides is 2. The molecule has 3 rings (SSSR count). The van der Waals surface area contributed by atoms with Crippen LogP contribution in [0.25, 0.3) is 0 Å². The normalized spacial score (nSPS) is 15.3. The van der Waals surface area contributed by atoms with Crippen LogP contribution in [0.4, 0.5) is 10.5 Å². The predicted molar refractivity (Wildman–Crippen MR) is 113 cm³/mol. The van der Waals surface area contributed by atoms with Gasteiger partial charge in [-0.15, -0.1) is 0 Å². The number of hydrogen-bond donors (Lipinski definition) is 3. The molecule has 0 radical (unpaired) electrons. The van der Waals surface area contributed by atoms with Crippen LogP contribution in [0.5, 0.6) is 11.8 Å². The fourth-order valence-corrected chi connectivity index (χ4v) is 4.27. The number of aryl methyl sites for hydroxylation is 1. The van der Waals surface area contributed by atoms with Crippen LogP contribution in [0.2, 0.25) is 0 Å². The van der Waals surface area contributed by atoms with Gasteiger partial charge in [0.2, 0.25) is 11.8 Å². The number of aromatic nitrogens is 3. The third-order valence-electron chi connectivity index (χ3n) is 4.73. The van der Waals surface area contributed by atoms with Gasteiger partial charge >= 0.3 is 6.03 Å². The highest BCUT2D eigenvalue weighted by Crippen LogP contribution is 2.34. The second-order valence-corrected chi connectivity index (χ2v) is 9.43. The lowest BCUT2D eigenvalue weighted by Crippen LogP contribution is -2.34. The van der Waals surface area contributed by atoms with Crippen LogP contribution in [-0.4, -0.2) is 38.7 Å². The third-order valence-corrected chi connectivity index (χ3v) is 6.10. The van der Waals surface area contributed by atoms with E-state index in [1.807, 2.05) is 27.7 Å². The van der Waals surface area contributed by atoms with Crippen LogP contribution in [0.15, 0.2) is 17.2 Å². The average molecular weight is 437 g/mol. The van der Waals surface area contributed by atoms with Crippen LogP contribution in [0, 0.1) is 4.78 Å². The predicted octanol–water partition coefficient (Wildman–Crippen LogP) is 3.46. The van der Waals surface area contributed by atoms with Gasteiger partial charge in [-0.05, 0) is 17.4 Å². The Balaban J connectivity index is 1.90. The molecular formula is C19H28N6O4S. The van der Waals surface area contributed by atoms with Gasteiger partial charge in [-0.1, -0.05) is 27.7 Å². The van der Waals surface area contributed by atoms with Crippen molar-refractivity contribution in [2.45, 2.75) is 57.4 Å². The number of rotatable bonds is 6. The van der Waals surface area contributed by atoms with Crippen LogP contribution in [0.3, 0.4) is 0 Å². The fraction of sp³-hybridized carbons (Fsp3) is 0.526. The van der Waals surface area contributed by atoms with Crippen molar-refractivity contribution in [2.24, 2.45) is 0 Å². The molecule has 0 aliphatic carbocycles. The summed E-state index contributed by atoms with van der Waals surface area (Å²) in [5, 5.41) is 6.86. The van der Waals surface area contributed by atoms with Gasteiger partial charge in [0.1, 0.15) is 4.90 Å². The second kappa shape index (κ2) is 8.50. The van der Waals surface area contributed by atoms with Crippen molar-refractivity contribution in [1.29, 1.82) is 4.78 Å². The van der Waals surface area contributed by atoms with E-state index in [0.717, 1.165) is 12.0 Å². The summed E-state index contributed by atoms with van der Waals surface area (Å²) < 4.78 is 35.9. The first-order valence-electron chi connectivity index (χ1n) is 9.79. The van der Waals surface area contributed by atoms with E-state index in [4.69, 9.17) is 14.3 Å². The van der Waals surface area contributed by atoms with Crippen molar-refractivity contribution < 1.29 is 18.5 Å². The first kappa shape index (κ1) is 21.9. The highest BCUT2D eigenvalue weighted by Gasteiger charge is 2.27. The number of urea groups is 1. The Morgan fingerprint density at radius 3 is 2.70 bits per heavy atom. The molecule has 2 aromatic rings. The molecular weight excluding hydrogens is 408 g/mol. The van der Waals surface area contributed by atoms with Crippen molar-refractivity contribution >= 4 is 21.6 Å². The first-order valence-corrected chi connectivity index (χ1v) is 11.3. The highest BCUT2D eigenvalue weighted by molar-refractivity contribution is 7.91. The van der Waals surface area contributed by atoms with Gasteiger partial charge in [0, 0.05) is 19.0 Å². The van der Waals surface area contributed by atoms with E-state index in [9.17, 15) is 9.00 Å². The van der Waals surface area contributed by atoms with Crippen molar-refractivity contribution in [3.63, 3.8) is 0 Å². The quantitative estimate of drug-likeness (QED) is 0.635. The van der Waals surface area contributed by atoms with Crippen molar-refractivity contribution in [3.05, 3.63) is 23.5 Å². The standard InChI is InChI=1S/C19H28N6O4S/c1-11(2)13-9-15(28-5)22-16(12(3)4)17(13)23-19(26)24-30(20,27)14-10-21-25-7-6-8-29-18(14)25/h9-12H,6-8H2,1-5H3,(H3,20,23,24,26,27)/t30-/m1/s1. The molecule has 3 N–H and O–H groups in total. The van der Waals surface area contributed by atoms with Gasteiger partial charge in [0.25, 0.3) is 0 Å². The molecule has 1 atom stereocenters. The maximum absolute atomic E-state index is 13.0. The molecule has 0 fully saturated rings. The van der Waals surface area contributed by atoms with E-state index >= 15 is 0 Å². The van der Waals surface area contributed by atoms with Gasteiger partial charge in [-0.25, -0.2) is 28.2 Å². The molecule has 0 spiro atoms. The Bertz CT molecular complexity index is 1020. The van der Waals surface area contributed by atoms with Gasteiger partial charge in [0.05, 0.1) is 31.3 Å². The summed E-state index contributed by atoms with van der Waals surface area (Å²) in [6.07, 6.45) is 2.09. The van der Waals surface area contributed by atoms with E-state index in [-0.39, 0.29) is 22.6 Å². The number of nitrogens with one attached hydrogen (secondary N) is 3. The lowest BCUT2D eigenvalue weighted by atomic mass is 9.97. The molecule has 10 nitrogen and oxygen atoms in total. The van der Waals surface area contributed by atoms with Gasteiger partial charge in [-0.3, -0.25) is 0 Å². The molecule has 0 aromatic carbocycles. The van der Waals surface area contributed by atoms with E-state index in [2.05, 4.69) is 20.1 Å². The summed E-state index contributed by atoms with van der Waals surface area (Å²) >= 11 is 0. The summed E-state index contributed by atoms with van der Waals surface area (Å²) in [6, 6.07) is 1.01. The minimum absolute atomic E-state index is 0.00403. The van der Waals surface area contributed by atoms with E-state index < -0.39 is 15.9 Å². The Morgan fingerprint density at radius 2 is 2.07 bits per heavy atom. The zero-order chi connectivity index (χ0) is 22.1. The first-order chi connectivity index (χ1) is 14.1. The number of nitrogens with zero attached hydrogens (tertiary/aromatic N) is 3. The zero-order valence-electron chi connectivity index (χ0n) is 17.8. The molecule has 30 heavy (non-hydrogen) atoms. The van der Waals surface area contributed by atoms with E-state index in [1.54, 1.807) is 17.9 Å². The van der Waals surface area contributed by atoms with Crippen LogP contribution in [-0.2, 0) is 16.5 Å². The number of carbonyl (C=O) groups excluding carboxylic acids is 1. The fourth-order valence-electron chi connectivity index (χ4n) is 3.24. The number of methoxy groups -OCH3 is 1. The average Bonchev–Trinajstić information content (AvgIpc) is 3.12. The number of pyridine rings is 1. The van der Waals surface area contributed by atoms with Crippen molar-refractivity contribution in [3.8, 4) is 11.8 Å². The number of hydrogen-bond acceptors (Lipinski definition) is 7. The van der Waals surface area contributed by atoms with Crippen molar-refractivity contribution in [2.75, 3.05) is 19.0 Å². The second-order valence-electron chi connectivity index (χ2n) is 7.67. The molecule has 3 heterocycles. The number of fused-ring (bicyclic) bond motifs is 1. The third kappa shape index (κ3) is 4.35. The molecule has 2 aromatic heterocycles. The van der Waals surface area contributed by atoms with E-state index in [1.165, 1.54) is 6.20 Å². The topological polar surface area (TPSA) is 131 Å². The number of anilines is 1. The Morgan fingerprint density at radius 1 is 1.33 bits per heavy atom. The lowest BCUT2D eigenvalue weighted by molar-refractivity contribution is 0.224. The minimum atomic E-state index is -3.67. The van der Waals surface area contributed by atoms with Gasteiger partial charge < -0.3 is 14.8 Å². The molecule has 1 aliphatic heterocycles. The molecule has 0 saturated carbocycles. The molecule has 11 heteroatoms. The molecule has 0 bridgehead atoms. The van der Waals surface area contributed by atoms with Crippen molar-refractivity contribution in [1.82, 2.24) is 19.5 Å². The van der Waals surface area contributed by atoms with E-state index in [0.29, 0.717) is 30.4 Å². The minimum Gasteiger partial charge on any atom is -0.481 e. The lowest BCUT2D eigenvalue weighted by Gasteiger charge is -2.21. The summed E-state index contributed by atoms with van der Waals surface area (Å²) in [6.45, 7) is 8.97. The van der Waals surface area contributed by atoms with Gasteiger partial charge in [-0.2, -0.15) is 5.10 Å². The van der Waals surface area contributed by atoms with Crippen LogP contribution < -0.4 is 19.5 Å². The Labute approximate surface area is 176 Å². The molecule has 1 aliphatic rings. The van der Waals surface area contributed by atoms with Crippen LogP contribution in [0.1, 0.15) is 57.2 Å². The van der Waals surface area contributed by atoms with Crippen LogP contribution >= 0.6 is 0 Å². The molecule has 0 saturated heterocycles. The zero-order valence-corrected chi connectivity index (χ0v) is 18.6. The Kier molecular flexibility index (Phi) is 6.20. The maximum Gasteiger partial charge on any atom is 0.332 e. The summed E-state index contributed by atoms with van der Waals surface area (Å²) in [5.41, 5.74) is 2.01. The summed E-state index contributed by atoms with van der Waals surface area (Å²) in [7, 11) is -2.13. The summed E-state index contributed by atoms with van der Waals surface area (Å²) in [5.74, 6) is 0.801. The number of carbonyl (C=O) groups is 1. The summed E-state index contributed by atoms with van der Waals surface area (Å²) in [4.78, 5) is 17.3. The smallest absolute Gasteiger partial charge is 0.332 e. The largest absolute Gasteiger partial charge is 0.481 e. The SMILES string of the molecule is COc1cc(C(C)C)c(NC(=O)N[S@@](=N)(=O)c2cnn3c2OCCC3)c(C(C)C)n1. The Hall–Kier alpha value is -2.82. The van der Waals surface area contributed by atoms with Gasteiger partial charge in [0.15, 0.2) is 9.92 Å². The highest BCUT2D eigenvalue weighted by atomic mass is 32.2. The maximum atomic E-state index is 13.0. The molecule has 0 unspecified atom stereocenters. The monoisotopic (exact) mass is 436 g/mol. The molecule has 164 valence electrons.